The maximum Gasteiger partial charge on any atom is 0.337 e. The van der Waals surface area contributed by atoms with Crippen molar-refractivity contribution in [1.29, 1.82) is 0 Å². The van der Waals surface area contributed by atoms with Gasteiger partial charge in [-0.2, -0.15) is 0 Å². The smallest absolute Gasteiger partial charge is 0.337 e. The maximum atomic E-state index is 16.2. The van der Waals surface area contributed by atoms with E-state index in [9.17, 15) is 9.59 Å². The van der Waals surface area contributed by atoms with E-state index in [0.717, 1.165) is 5.52 Å². The average molecular weight is 539 g/mol. The molecule has 0 saturated carbocycles. The zero-order valence-electron chi connectivity index (χ0n) is 19.6. The number of aromatic nitrogens is 2. The second kappa shape index (κ2) is 8.55. The van der Waals surface area contributed by atoms with E-state index < -0.39 is 29.2 Å². The van der Waals surface area contributed by atoms with Crippen LogP contribution in [0.4, 0.5) is 10.1 Å². The van der Waals surface area contributed by atoms with Crippen molar-refractivity contribution in [3.8, 4) is 0 Å². The topological polar surface area (TPSA) is 85.2 Å². The second-order valence-corrected chi connectivity index (χ2v) is 10.3. The molecular weight excluding hydrogens is 518 g/mol. The molecule has 0 aliphatic carbocycles. The van der Waals surface area contributed by atoms with Crippen LogP contribution in [0.3, 0.4) is 0 Å². The summed E-state index contributed by atoms with van der Waals surface area (Å²) in [6.07, 6.45) is 4.27. The Morgan fingerprint density at radius 3 is 2.89 bits per heavy atom. The average Bonchev–Trinajstić information content (AvgIpc) is 3.55. The molecule has 7 nitrogen and oxygen atoms in total. The number of allylic oxidation sites excluding steroid dienone is 4. The van der Waals surface area contributed by atoms with Crippen LogP contribution in [-0.2, 0) is 21.6 Å². The molecule has 0 unspecified atom stereocenters. The third kappa shape index (κ3) is 3.47. The lowest BCUT2D eigenvalue weighted by atomic mass is 9.74. The lowest BCUT2D eigenvalue weighted by molar-refractivity contribution is -0.123. The predicted molar refractivity (Wildman–Crippen MR) is 139 cm³/mol. The van der Waals surface area contributed by atoms with Crippen molar-refractivity contribution in [2.24, 2.45) is 5.92 Å². The standard InChI is InChI=1S/C27H21Cl2FN4O3/c1-13(28)4-3-5-17(30)23-22-20(33-27(23)16-8-7-15(29)11-18(16)32-26(27)36)12-34-21-9-6-14(25(35)37-2)10-19(21)31-24(22)34/h3-11,20,22-23,33H,1,12H2,2H3,(H,32,36)/b4-3-,17-5-/t20-,22+,23-,27+/m0/s1. The third-order valence-corrected chi connectivity index (χ3v) is 7.75. The third-order valence-electron chi connectivity index (χ3n) is 7.39. The first-order valence-corrected chi connectivity index (χ1v) is 12.4. The van der Waals surface area contributed by atoms with Crippen LogP contribution in [0, 0.1) is 5.92 Å². The summed E-state index contributed by atoms with van der Waals surface area (Å²) in [4.78, 5) is 30.5. The number of rotatable bonds is 4. The maximum absolute atomic E-state index is 16.2. The van der Waals surface area contributed by atoms with Crippen LogP contribution in [0.5, 0.6) is 0 Å². The first-order chi connectivity index (χ1) is 17.7. The molecule has 2 aromatic carbocycles. The highest BCUT2D eigenvalue weighted by molar-refractivity contribution is 6.31. The predicted octanol–water partition coefficient (Wildman–Crippen LogP) is 5.17. The summed E-state index contributed by atoms with van der Waals surface area (Å²) >= 11 is 12.0. The SMILES string of the molecule is C=C(Cl)/C=C\C=C(/F)[C@H]1[C@@H]2c3nc4cc(C(=O)OC)ccc4n3C[C@@H]2N[C@@]12C(=O)Nc1cc(Cl)ccc12. The number of carbonyl (C=O) groups excluding carboxylic acids is 2. The van der Waals surface area contributed by atoms with Crippen molar-refractivity contribution in [3.05, 3.63) is 94.0 Å². The van der Waals surface area contributed by atoms with Gasteiger partial charge in [-0.3, -0.25) is 10.1 Å². The summed E-state index contributed by atoms with van der Waals surface area (Å²) in [5, 5.41) is 7.09. The fourth-order valence-corrected chi connectivity index (χ4v) is 6.23. The Bertz CT molecular complexity index is 1580. The number of fused-ring (bicyclic) bond motifs is 7. The number of imidazole rings is 1. The molecule has 3 aliphatic rings. The highest BCUT2D eigenvalue weighted by Gasteiger charge is 2.65. The van der Waals surface area contributed by atoms with Crippen LogP contribution >= 0.6 is 23.2 Å². The molecule has 4 heterocycles. The van der Waals surface area contributed by atoms with Gasteiger partial charge in [0.15, 0.2) is 0 Å². The summed E-state index contributed by atoms with van der Waals surface area (Å²) in [5.74, 6) is -2.05. The van der Waals surface area contributed by atoms with Gasteiger partial charge in [-0.1, -0.05) is 41.9 Å². The van der Waals surface area contributed by atoms with Crippen LogP contribution in [-0.4, -0.2) is 34.6 Å². The summed E-state index contributed by atoms with van der Waals surface area (Å²) in [7, 11) is 1.32. The lowest BCUT2D eigenvalue weighted by Gasteiger charge is -2.31. The van der Waals surface area contributed by atoms with E-state index in [1.54, 1.807) is 30.3 Å². The molecule has 0 radical (unpaired) electrons. The minimum absolute atomic E-state index is 0.254. The highest BCUT2D eigenvalue weighted by atomic mass is 35.5. The van der Waals surface area contributed by atoms with E-state index in [2.05, 4.69) is 17.2 Å². The van der Waals surface area contributed by atoms with Crippen molar-refractivity contribution in [2.45, 2.75) is 24.0 Å². The number of hydrogen-bond acceptors (Lipinski definition) is 5. The molecule has 1 spiro atoms. The Hall–Kier alpha value is -3.46. The molecule has 3 aromatic rings. The van der Waals surface area contributed by atoms with E-state index in [0.29, 0.717) is 39.7 Å². The number of carbonyl (C=O) groups is 2. The number of ether oxygens (including phenoxy) is 1. The Kier molecular flexibility index (Phi) is 5.52. The van der Waals surface area contributed by atoms with Gasteiger partial charge in [-0.25, -0.2) is 14.2 Å². The van der Waals surface area contributed by atoms with E-state index >= 15 is 4.39 Å². The number of anilines is 1. The van der Waals surface area contributed by atoms with Crippen molar-refractivity contribution in [3.63, 3.8) is 0 Å². The quantitative estimate of drug-likeness (QED) is 0.353. The van der Waals surface area contributed by atoms with E-state index in [1.165, 1.54) is 25.3 Å². The Labute approximate surface area is 221 Å². The number of nitrogens with zero attached hydrogens (tertiary/aromatic N) is 2. The van der Waals surface area contributed by atoms with Crippen molar-refractivity contribution >= 4 is 51.8 Å². The number of halogens is 3. The number of amides is 1. The number of methoxy groups -OCH3 is 1. The van der Waals surface area contributed by atoms with Crippen molar-refractivity contribution in [2.75, 3.05) is 12.4 Å². The molecule has 1 aromatic heterocycles. The number of nitrogens with one attached hydrogen (secondary N) is 2. The van der Waals surface area contributed by atoms with Gasteiger partial charge < -0.3 is 14.6 Å². The highest BCUT2D eigenvalue weighted by Crippen LogP contribution is 2.57. The molecule has 3 aliphatic heterocycles. The van der Waals surface area contributed by atoms with E-state index in [1.807, 2.05) is 10.6 Å². The summed E-state index contributed by atoms with van der Waals surface area (Å²) in [6.45, 7) is 4.07. The molecule has 1 saturated heterocycles. The minimum Gasteiger partial charge on any atom is -0.465 e. The molecule has 10 heteroatoms. The van der Waals surface area contributed by atoms with Crippen LogP contribution in [0.1, 0.15) is 27.7 Å². The Morgan fingerprint density at radius 2 is 2.14 bits per heavy atom. The number of esters is 1. The fraction of sp³-hybridized carbons (Fsp3) is 0.222. The Balaban J connectivity index is 1.52. The van der Waals surface area contributed by atoms with E-state index in [4.69, 9.17) is 32.9 Å². The zero-order chi connectivity index (χ0) is 26.1. The second-order valence-electron chi connectivity index (χ2n) is 9.34. The van der Waals surface area contributed by atoms with E-state index in [-0.39, 0.29) is 17.0 Å². The van der Waals surface area contributed by atoms with Gasteiger partial charge >= 0.3 is 5.97 Å². The first-order valence-electron chi connectivity index (χ1n) is 11.6. The molecule has 2 N–H and O–H groups in total. The summed E-state index contributed by atoms with van der Waals surface area (Å²) in [6, 6.07) is 10.00. The molecule has 37 heavy (non-hydrogen) atoms. The van der Waals surface area contributed by atoms with Crippen molar-refractivity contribution < 1.29 is 18.7 Å². The van der Waals surface area contributed by atoms with Gasteiger partial charge in [0.25, 0.3) is 0 Å². The van der Waals surface area contributed by atoms with Gasteiger partial charge in [0.05, 0.1) is 29.6 Å². The van der Waals surface area contributed by atoms with Gasteiger partial charge in [0, 0.05) is 39.8 Å². The summed E-state index contributed by atoms with van der Waals surface area (Å²) in [5.41, 5.74) is 1.61. The zero-order valence-corrected chi connectivity index (χ0v) is 21.1. The largest absolute Gasteiger partial charge is 0.465 e. The molecule has 0 bridgehead atoms. The van der Waals surface area contributed by atoms with Crippen LogP contribution in [0.2, 0.25) is 5.02 Å². The molecule has 188 valence electrons. The molecule has 1 amide bonds. The summed E-state index contributed by atoms with van der Waals surface area (Å²) < 4.78 is 23.0. The molecule has 6 rings (SSSR count). The molecular formula is C27H21Cl2FN4O3. The minimum atomic E-state index is -1.36. The molecule has 4 atom stereocenters. The van der Waals surface area contributed by atoms with Crippen LogP contribution in [0.15, 0.2) is 72.1 Å². The number of hydrogen-bond donors (Lipinski definition) is 2. The Morgan fingerprint density at radius 1 is 1.32 bits per heavy atom. The van der Waals surface area contributed by atoms with Gasteiger partial charge in [-0.05, 0) is 42.5 Å². The number of benzene rings is 2. The van der Waals surface area contributed by atoms with Gasteiger partial charge in [0.2, 0.25) is 5.91 Å². The lowest BCUT2D eigenvalue weighted by Crippen LogP contribution is -2.50. The molecule has 1 fully saturated rings. The van der Waals surface area contributed by atoms with Crippen LogP contribution in [0.25, 0.3) is 11.0 Å². The van der Waals surface area contributed by atoms with Crippen LogP contribution < -0.4 is 10.6 Å². The fourth-order valence-electron chi connectivity index (χ4n) is 5.98. The first kappa shape index (κ1) is 23.9. The monoisotopic (exact) mass is 538 g/mol. The van der Waals surface area contributed by atoms with Gasteiger partial charge in [-0.15, -0.1) is 0 Å². The normalized spacial score (nSPS) is 26.0. The van der Waals surface area contributed by atoms with Gasteiger partial charge in [0.1, 0.15) is 17.2 Å². The van der Waals surface area contributed by atoms with Crippen molar-refractivity contribution in [1.82, 2.24) is 14.9 Å².